The Hall–Kier alpha value is -4.14. The van der Waals surface area contributed by atoms with Crippen LogP contribution < -0.4 is 11.4 Å². The number of hydrogen-bond donors (Lipinski definition) is 0. The van der Waals surface area contributed by atoms with E-state index in [-0.39, 0.29) is 26.3 Å². The Bertz CT molecular complexity index is 1460. The zero-order valence-electron chi connectivity index (χ0n) is 18.3. The predicted molar refractivity (Wildman–Crippen MR) is 122 cm³/mol. The molecule has 0 saturated heterocycles. The number of esters is 2. The maximum absolute atomic E-state index is 13.5. The number of rotatable bonds is 7. The highest BCUT2D eigenvalue weighted by molar-refractivity contribution is 6.01. The van der Waals surface area contributed by atoms with Gasteiger partial charge in [-0.3, -0.25) is 18.7 Å². The van der Waals surface area contributed by atoms with Gasteiger partial charge in [-0.15, -0.1) is 0 Å². The maximum atomic E-state index is 13.5. The van der Waals surface area contributed by atoms with Gasteiger partial charge in [0, 0.05) is 10.9 Å². The molecule has 4 aromatic rings. The molecule has 0 bridgehead atoms. The molecule has 0 radical (unpaired) electrons. The monoisotopic (exact) mass is 449 g/mol. The van der Waals surface area contributed by atoms with Crippen molar-refractivity contribution >= 4 is 28.4 Å². The van der Waals surface area contributed by atoms with E-state index in [0.29, 0.717) is 27.7 Å². The number of fused-ring (bicyclic) bond motifs is 3. The average molecular weight is 449 g/mol. The van der Waals surface area contributed by atoms with Gasteiger partial charge in [0.1, 0.15) is 13.1 Å². The number of carbonyl (C=O) groups excluding carboxylic acids is 2. The highest BCUT2D eigenvalue weighted by atomic mass is 16.5. The van der Waals surface area contributed by atoms with Gasteiger partial charge in [-0.2, -0.15) is 0 Å². The molecule has 2 aromatic heterocycles. The van der Waals surface area contributed by atoms with E-state index in [1.165, 1.54) is 9.13 Å². The van der Waals surface area contributed by atoms with Crippen LogP contribution in [0.5, 0.6) is 0 Å². The zero-order chi connectivity index (χ0) is 23.5. The Morgan fingerprint density at radius 1 is 0.758 bits per heavy atom. The van der Waals surface area contributed by atoms with Gasteiger partial charge in [-0.05, 0) is 19.9 Å². The molecular formula is C24H23N3O6. The summed E-state index contributed by atoms with van der Waals surface area (Å²) < 4.78 is 13.5. The molecule has 4 rings (SSSR count). The minimum absolute atomic E-state index is 0.164. The van der Waals surface area contributed by atoms with E-state index in [9.17, 15) is 19.2 Å². The van der Waals surface area contributed by atoms with Crippen LogP contribution >= 0.6 is 0 Å². The Morgan fingerprint density at radius 2 is 1.30 bits per heavy atom. The average Bonchev–Trinajstić information content (AvgIpc) is 3.10. The summed E-state index contributed by atoms with van der Waals surface area (Å²) in [5.41, 5.74) is 0.531. The van der Waals surface area contributed by atoms with Gasteiger partial charge in [0.25, 0.3) is 0 Å². The second-order valence-corrected chi connectivity index (χ2v) is 7.26. The number of hydrogen-bond acceptors (Lipinski definition) is 6. The normalized spacial score (nSPS) is 11.1. The molecule has 0 N–H and O–H groups in total. The van der Waals surface area contributed by atoms with Crippen LogP contribution in [0.1, 0.15) is 13.8 Å². The lowest BCUT2D eigenvalue weighted by atomic mass is 10.1. The van der Waals surface area contributed by atoms with E-state index < -0.39 is 23.3 Å². The molecular weight excluding hydrogens is 426 g/mol. The molecule has 0 aliphatic heterocycles. The molecule has 0 spiro atoms. The lowest BCUT2D eigenvalue weighted by Crippen LogP contribution is -2.37. The summed E-state index contributed by atoms with van der Waals surface area (Å²) in [4.78, 5) is 51.5. The Kier molecular flexibility index (Phi) is 6.12. The van der Waals surface area contributed by atoms with Gasteiger partial charge in [-0.1, -0.05) is 48.5 Å². The first kappa shape index (κ1) is 22.1. The topological polar surface area (TPSA) is 101 Å². The molecule has 0 aliphatic rings. The smallest absolute Gasteiger partial charge is 0.338 e. The molecule has 2 heterocycles. The van der Waals surface area contributed by atoms with Gasteiger partial charge in [0.15, 0.2) is 0 Å². The van der Waals surface area contributed by atoms with Crippen molar-refractivity contribution in [2.75, 3.05) is 13.2 Å². The number of ether oxygens (including phenoxy) is 2. The molecule has 9 heteroatoms. The molecule has 0 unspecified atom stereocenters. The zero-order valence-corrected chi connectivity index (χ0v) is 18.3. The first-order valence-corrected chi connectivity index (χ1v) is 10.6. The largest absolute Gasteiger partial charge is 0.465 e. The fraction of sp³-hybridized carbons (Fsp3) is 0.250. The van der Waals surface area contributed by atoms with Crippen molar-refractivity contribution < 1.29 is 19.1 Å². The molecule has 2 aromatic carbocycles. The van der Waals surface area contributed by atoms with Crippen LogP contribution in [-0.4, -0.2) is 38.7 Å². The highest BCUT2D eigenvalue weighted by Gasteiger charge is 2.24. The number of benzene rings is 2. The molecule has 170 valence electrons. The second kappa shape index (κ2) is 9.15. The fourth-order valence-electron chi connectivity index (χ4n) is 3.96. The van der Waals surface area contributed by atoms with Crippen molar-refractivity contribution in [3.8, 4) is 11.3 Å². The Morgan fingerprint density at radius 3 is 1.94 bits per heavy atom. The van der Waals surface area contributed by atoms with Crippen molar-refractivity contribution in [1.82, 2.24) is 13.5 Å². The van der Waals surface area contributed by atoms with Crippen LogP contribution in [0.2, 0.25) is 0 Å². The van der Waals surface area contributed by atoms with Gasteiger partial charge < -0.3 is 9.47 Å². The van der Waals surface area contributed by atoms with Crippen molar-refractivity contribution in [1.29, 1.82) is 0 Å². The van der Waals surface area contributed by atoms with E-state index >= 15 is 0 Å². The molecule has 0 fully saturated rings. The summed E-state index contributed by atoms with van der Waals surface area (Å²) in [5.74, 6) is -1.18. The lowest BCUT2D eigenvalue weighted by Gasteiger charge is -2.12. The van der Waals surface area contributed by atoms with E-state index in [1.54, 1.807) is 50.2 Å². The van der Waals surface area contributed by atoms with Gasteiger partial charge in [0.05, 0.1) is 29.9 Å². The van der Waals surface area contributed by atoms with Crippen LogP contribution in [-0.2, 0) is 32.2 Å². The second-order valence-electron chi connectivity index (χ2n) is 7.26. The fourth-order valence-corrected chi connectivity index (χ4v) is 3.96. The van der Waals surface area contributed by atoms with Crippen LogP contribution in [0.4, 0.5) is 0 Å². The SMILES string of the molecule is CCOC(=O)Cn1c(-c2ccccc2)c2c3ccccc3n(CC(=O)OCC)c(=O)n2c1=O. The third-order valence-electron chi connectivity index (χ3n) is 5.24. The molecule has 0 saturated carbocycles. The maximum Gasteiger partial charge on any atom is 0.338 e. The van der Waals surface area contributed by atoms with Crippen molar-refractivity contribution in [3.05, 3.63) is 75.6 Å². The standard InChI is InChI=1S/C24H23N3O6/c1-3-32-19(28)14-25-18-13-9-8-12-17(18)22-21(16-10-6-5-7-11-16)26(15-20(29)33-4-2)24(31)27(22)23(25)30/h5-13H,3-4,14-15H2,1-2H3. The number of carbonyl (C=O) groups is 2. The van der Waals surface area contributed by atoms with E-state index in [4.69, 9.17) is 9.47 Å². The van der Waals surface area contributed by atoms with Crippen molar-refractivity contribution in [2.45, 2.75) is 26.9 Å². The summed E-state index contributed by atoms with van der Waals surface area (Å²) in [6.07, 6.45) is 0. The molecule has 0 amide bonds. The lowest BCUT2D eigenvalue weighted by molar-refractivity contribution is -0.144. The van der Waals surface area contributed by atoms with Gasteiger partial charge in [-0.25, -0.2) is 14.0 Å². The minimum atomic E-state index is -0.693. The number of imidazole rings is 1. The number of aromatic nitrogens is 3. The van der Waals surface area contributed by atoms with Crippen LogP contribution in [0.25, 0.3) is 27.7 Å². The van der Waals surface area contributed by atoms with E-state index in [0.717, 1.165) is 4.40 Å². The van der Waals surface area contributed by atoms with Crippen molar-refractivity contribution in [2.24, 2.45) is 0 Å². The third-order valence-corrected chi connectivity index (χ3v) is 5.24. The Balaban J connectivity index is 2.13. The molecule has 0 aliphatic carbocycles. The predicted octanol–water partition coefficient (Wildman–Crippen LogP) is 2.21. The van der Waals surface area contributed by atoms with Crippen LogP contribution in [0.15, 0.2) is 64.2 Å². The van der Waals surface area contributed by atoms with Crippen LogP contribution in [0, 0.1) is 0 Å². The minimum Gasteiger partial charge on any atom is -0.465 e. The van der Waals surface area contributed by atoms with E-state index in [1.807, 2.05) is 18.2 Å². The summed E-state index contributed by atoms with van der Waals surface area (Å²) in [6, 6.07) is 16.1. The summed E-state index contributed by atoms with van der Waals surface area (Å²) in [6.45, 7) is 2.98. The summed E-state index contributed by atoms with van der Waals surface area (Å²) >= 11 is 0. The van der Waals surface area contributed by atoms with Gasteiger partial charge >= 0.3 is 23.3 Å². The molecule has 33 heavy (non-hydrogen) atoms. The van der Waals surface area contributed by atoms with Crippen LogP contribution in [0.3, 0.4) is 0 Å². The van der Waals surface area contributed by atoms with E-state index in [2.05, 4.69) is 0 Å². The summed E-state index contributed by atoms with van der Waals surface area (Å²) in [5, 5.41) is 0.583. The molecule has 9 nitrogen and oxygen atoms in total. The Labute approximate surface area is 188 Å². The summed E-state index contributed by atoms with van der Waals surface area (Å²) in [7, 11) is 0. The highest BCUT2D eigenvalue weighted by Crippen LogP contribution is 2.29. The first-order chi connectivity index (χ1) is 16.0. The third kappa shape index (κ3) is 3.93. The van der Waals surface area contributed by atoms with Crippen molar-refractivity contribution in [3.63, 3.8) is 0 Å². The quantitative estimate of drug-likeness (QED) is 0.401. The number of nitrogens with zero attached hydrogens (tertiary/aromatic N) is 3. The first-order valence-electron chi connectivity index (χ1n) is 10.6. The number of para-hydroxylation sites is 1. The van der Waals surface area contributed by atoms with Gasteiger partial charge in [0.2, 0.25) is 0 Å². The molecule has 0 atom stereocenters.